The van der Waals surface area contributed by atoms with Gasteiger partial charge in [0.25, 0.3) is 0 Å². The molecule has 4 heteroatoms. The van der Waals surface area contributed by atoms with Crippen LogP contribution in [0.1, 0.15) is 0 Å². The molecule has 0 unspecified atom stereocenters. The lowest BCUT2D eigenvalue weighted by atomic mass is 10.4. The van der Waals surface area contributed by atoms with E-state index in [4.69, 9.17) is 15.7 Å². The number of nitriles is 1. The third-order valence-corrected chi connectivity index (χ3v) is 0.836. The summed E-state index contributed by atoms with van der Waals surface area (Å²) < 4.78 is 4.73. The summed E-state index contributed by atoms with van der Waals surface area (Å²) in [4.78, 5) is 3.68. The third kappa shape index (κ3) is 3.76. The normalized spacial score (nSPS) is 12.0. The van der Waals surface area contributed by atoms with Crippen LogP contribution >= 0.6 is 0 Å². The van der Waals surface area contributed by atoms with Crippen LogP contribution in [0, 0.1) is 11.3 Å². The largest absolute Gasteiger partial charge is 0.481 e. The van der Waals surface area contributed by atoms with E-state index in [9.17, 15) is 0 Å². The highest BCUT2D eigenvalue weighted by atomic mass is 16.5. The molecule has 0 aliphatic heterocycles. The fraction of sp³-hybridized carbons (Fsp3) is 0.143. The standard InChI is InChI=1S/C7H9N3O/c1-3-10-7(11-2)4-6(9)5-8/h3-4H,1,9H2,2H3/b6-4-,10-7?. The number of rotatable bonds is 2. The van der Waals surface area contributed by atoms with Gasteiger partial charge in [-0.1, -0.05) is 6.58 Å². The summed E-state index contributed by atoms with van der Waals surface area (Å²) in [5, 5.41) is 8.27. The molecule has 0 aromatic rings. The van der Waals surface area contributed by atoms with Gasteiger partial charge < -0.3 is 10.5 Å². The SMILES string of the molecule is C=CN=C(/C=C(\N)C#N)OC. The van der Waals surface area contributed by atoms with Gasteiger partial charge in [-0.3, -0.25) is 0 Å². The monoisotopic (exact) mass is 151 g/mol. The van der Waals surface area contributed by atoms with Crippen molar-refractivity contribution in [2.24, 2.45) is 10.7 Å². The number of hydrogen-bond acceptors (Lipinski definition) is 4. The zero-order valence-corrected chi connectivity index (χ0v) is 6.24. The molecule has 0 aromatic heterocycles. The molecular weight excluding hydrogens is 142 g/mol. The summed E-state index contributed by atoms with van der Waals surface area (Å²) in [6, 6.07) is 1.73. The van der Waals surface area contributed by atoms with Gasteiger partial charge in [-0.15, -0.1) is 0 Å². The molecule has 0 atom stereocenters. The Kier molecular flexibility index (Phi) is 4.25. The Hall–Kier alpha value is -1.76. The predicted octanol–water partition coefficient (Wildman–Crippen LogP) is 0.541. The van der Waals surface area contributed by atoms with E-state index in [1.165, 1.54) is 19.4 Å². The van der Waals surface area contributed by atoms with Crippen molar-refractivity contribution in [1.29, 1.82) is 5.26 Å². The van der Waals surface area contributed by atoms with Crippen molar-refractivity contribution in [1.82, 2.24) is 0 Å². The van der Waals surface area contributed by atoms with Crippen LogP contribution in [0.3, 0.4) is 0 Å². The van der Waals surface area contributed by atoms with Crippen LogP contribution in [-0.4, -0.2) is 13.0 Å². The Morgan fingerprint density at radius 2 is 2.45 bits per heavy atom. The van der Waals surface area contributed by atoms with Gasteiger partial charge in [0.15, 0.2) is 0 Å². The van der Waals surface area contributed by atoms with Gasteiger partial charge in [-0.2, -0.15) is 5.26 Å². The van der Waals surface area contributed by atoms with Crippen LogP contribution in [0.15, 0.2) is 29.5 Å². The second kappa shape index (κ2) is 5.06. The summed E-state index contributed by atoms with van der Waals surface area (Å²) in [6.07, 6.45) is 2.63. The number of aliphatic imine (C=N–C) groups is 1. The molecule has 0 aliphatic rings. The van der Waals surface area contributed by atoms with Gasteiger partial charge in [0.2, 0.25) is 5.90 Å². The van der Waals surface area contributed by atoms with Crippen LogP contribution in [0.2, 0.25) is 0 Å². The summed E-state index contributed by atoms with van der Waals surface area (Å²) >= 11 is 0. The summed E-state index contributed by atoms with van der Waals surface area (Å²) in [7, 11) is 1.43. The molecule has 0 aliphatic carbocycles. The predicted molar refractivity (Wildman–Crippen MR) is 42.5 cm³/mol. The van der Waals surface area contributed by atoms with Crippen molar-refractivity contribution < 1.29 is 4.74 Å². The van der Waals surface area contributed by atoms with E-state index in [1.807, 2.05) is 0 Å². The van der Waals surface area contributed by atoms with Gasteiger partial charge in [0, 0.05) is 12.3 Å². The maximum atomic E-state index is 8.27. The summed E-state index contributed by atoms with van der Waals surface area (Å²) in [6.45, 7) is 3.36. The molecule has 0 amide bonds. The van der Waals surface area contributed by atoms with Crippen LogP contribution < -0.4 is 5.73 Å². The lowest BCUT2D eigenvalue weighted by molar-refractivity contribution is 0.407. The van der Waals surface area contributed by atoms with Gasteiger partial charge >= 0.3 is 0 Å². The van der Waals surface area contributed by atoms with Crippen LogP contribution in [0.5, 0.6) is 0 Å². The highest BCUT2D eigenvalue weighted by Gasteiger charge is 1.92. The minimum absolute atomic E-state index is 0.0486. The van der Waals surface area contributed by atoms with Crippen molar-refractivity contribution in [3.63, 3.8) is 0 Å². The smallest absolute Gasteiger partial charge is 0.215 e. The van der Waals surface area contributed by atoms with Crippen molar-refractivity contribution in [3.05, 3.63) is 24.6 Å². The molecule has 0 saturated carbocycles. The average molecular weight is 151 g/mol. The molecular formula is C7H9N3O. The minimum Gasteiger partial charge on any atom is -0.481 e. The lowest BCUT2D eigenvalue weighted by Crippen LogP contribution is -2.02. The molecule has 0 radical (unpaired) electrons. The topological polar surface area (TPSA) is 71.4 Å². The Morgan fingerprint density at radius 1 is 1.82 bits per heavy atom. The van der Waals surface area contributed by atoms with E-state index in [0.29, 0.717) is 0 Å². The maximum absolute atomic E-state index is 8.27. The zero-order valence-electron chi connectivity index (χ0n) is 6.24. The molecule has 0 rings (SSSR count). The number of hydrogen-bond donors (Lipinski definition) is 1. The van der Waals surface area contributed by atoms with Crippen LogP contribution in [0.25, 0.3) is 0 Å². The molecule has 0 bridgehead atoms. The molecule has 0 saturated heterocycles. The van der Waals surface area contributed by atoms with Crippen molar-refractivity contribution in [2.45, 2.75) is 0 Å². The number of ether oxygens (including phenoxy) is 1. The second-order valence-corrected chi connectivity index (χ2v) is 1.57. The summed E-state index contributed by atoms with van der Waals surface area (Å²) in [5.41, 5.74) is 5.23. The van der Waals surface area contributed by atoms with Crippen LogP contribution in [-0.2, 0) is 4.74 Å². The first-order valence-electron chi connectivity index (χ1n) is 2.84. The molecule has 58 valence electrons. The number of methoxy groups -OCH3 is 1. The zero-order chi connectivity index (χ0) is 8.69. The van der Waals surface area contributed by atoms with Crippen molar-refractivity contribution in [3.8, 4) is 6.07 Å². The lowest BCUT2D eigenvalue weighted by Gasteiger charge is -1.95. The maximum Gasteiger partial charge on any atom is 0.215 e. The first-order valence-corrected chi connectivity index (χ1v) is 2.84. The van der Waals surface area contributed by atoms with E-state index in [0.717, 1.165) is 0 Å². The number of allylic oxidation sites excluding steroid dienone is 1. The second-order valence-electron chi connectivity index (χ2n) is 1.57. The molecule has 2 N–H and O–H groups in total. The molecule has 0 spiro atoms. The number of nitrogens with two attached hydrogens (primary N) is 1. The highest BCUT2D eigenvalue weighted by molar-refractivity contribution is 5.89. The average Bonchev–Trinajstić information content (AvgIpc) is 2.03. The van der Waals surface area contributed by atoms with Gasteiger partial charge in [0.1, 0.15) is 11.8 Å². The summed E-state index contributed by atoms with van der Waals surface area (Å²) in [5.74, 6) is 0.263. The first-order chi connectivity index (χ1) is 5.24. The minimum atomic E-state index is 0.0486. The number of nitrogens with zero attached hydrogens (tertiary/aromatic N) is 2. The highest BCUT2D eigenvalue weighted by Crippen LogP contribution is 1.87. The fourth-order valence-electron chi connectivity index (χ4n) is 0.404. The van der Waals surface area contributed by atoms with E-state index in [-0.39, 0.29) is 11.6 Å². The van der Waals surface area contributed by atoms with Crippen LogP contribution in [0.4, 0.5) is 0 Å². The molecule has 0 heterocycles. The molecule has 11 heavy (non-hydrogen) atoms. The van der Waals surface area contributed by atoms with E-state index in [2.05, 4.69) is 11.6 Å². The fourth-order valence-corrected chi connectivity index (χ4v) is 0.404. The Morgan fingerprint density at radius 3 is 2.82 bits per heavy atom. The Bertz CT molecular complexity index is 235. The third-order valence-electron chi connectivity index (χ3n) is 0.836. The molecule has 0 fully saturated rings. The van der Waals surface area contributed by atoms with Gasteiger partial charge in [-0.25, -0.2) is 4.99 Å². The molecule has 4 nitrogen and oxygen atoms in total. The Labute approximate surface area is 65.3 Å². The van der Waals surface area contributed by atoms with E-state index in [1.54, 1.807) is 6.07 Å². The van der Waals surface area contributed by atoms with Gasteiger partial charge in [-0.05, 0) is 0 Å². The van der Waals surface area contributed by atoms with Gasteiger partial charge in [0.05, 0.1) is 7.11 Å². The quantitative estimate of drug-likeness (QED) is 0.355. The van der Waals surface area contributed by atoms with E-state index < -0.39 is 0 Å². The Balaban J connectivity index is 4.45. The van der Waals surface area contributed by atoms with Crippen molar-refractivity contribution in [2.75, 3.05) is 7.11 Å². The van der Waals surface area contributed by atoms with Crippen molar-refractivity contribution >= 4 is 5.90 Å². The first kappa shape index (κ1) is 9.24. The van der Waals surface area contributed by atoms with E-state index >= 15 is 0 Å². The molecule has 0 aromatic carbocycles.